The maximum atomic E-state index is 2.57. The van der Waals surface area contributed by atoms with Gasteiger partial charge >= 0.3 is 398 Å². The van der Waals surface area contributed by atoms with Crippen molar-refractivity contribution in [2.24, 2.45) is 0 Å². The Morgan fingerprint density at radius 3 is 0.667 bits per heavy atom. The molecular formula is C60H50Cl2Hf2Si2. The standard InChI is InChI=1S/2C12H10Si.4C9H7.2ClH.2Hf/c2*1-3-7-11(8-4-1)13-12-9-5-2-6-10-12;4*1-2-5-9-7-3-6-8(9)4-1;;;;/h2*1-10H;4*1-7H;2*1H;;. The van der Waals surface area contributed by atoms with Gasteiger partial charge in [-0.3, -0.25) is 0 Å². The Kier molecular flexibility index (Phi) is 15.3. The molecule has 0 saturated carbocycles. The van der Waals surface area contributed by atoms with Gasteiger partial charge in [-0.15, -0.1) is 24.8 Å². The van der Waals surface area contributed by atoms with Crippen LogP contribution in [-0.4, -0.2) is 11.0 Å². The fourth-order valence-electron chi connectivity index (χ4n) is 10.5. The molecule has 0 aliphatic heterocycles. The molecule has 0 spiro atoms. The molecule has 0 saturated heterocycles. The van der Waals surface area contributed by atoms with Crippen LogP contribution >= 0.6 is 24.8 Å². The summed E-state index contributed by atoms with van der Waals surface area (Å²) in [5.74, 6) is 0. The summed E-state index contributed by atoms with van der Waals surface area (Å²) >= 11 is -4.96. The van der Waals surface area contributed by atoms with E-state index >= 15 is 0 Å². The monoisotopic (exact) mass is 1260 g/mol. The van der Waals surface area contributed by atoms with Crippen molar-refractivity contribution in [1.82, 2.24) is 0 Å². The number of hydrogen-bond donors (Lipinski definition) is 0. The second-order valence-electron chi connectivity index (χ2n) is 17.0. The Balaban J connectivity index is 0.000000161. The number of fused-ring (bicyclic) bond motifs is 4. The van der Waals surface area contributed by atoms with Gasteiger partial charge in [0.1, 0.15) is 0 Å². The molecule has 4 aliphatic rings. The Bertz CT molecular complexity index is 2750. The summed E-state index contributed by atoms with van der Waals surface area (Å²) in [5.41, 5.74) is 10.2. The minimum atomic E-state index is -2.48. The van der Waals surface area contributed by atoms with E-state index < -0.39 is 51.1 Å². The summed E-state index contributed by atoms with van der Waals surface area (Å²) in [6.07, 6.45) is 19.8. The Labute approximate surface area is 418 Å². The van der Waals surface area contributed by atoms with Crippen LogP contribution in [0.2, 0.25) is 0 Å². The average molecular weight is 1260 g/mol. The van der Waals surface area contributed by atoms with E-state index in [-0.39, 0.29) is 24.8 Å². The first-order chi connectivity index (χ1) is 31.8. The predicted molar refractivity (Wildman–Crippen MR) is 283 cm³/mol. The largest absolute Gasteiger partial charge is 0.147 e. The van der Waals surface area contributed by atoms with Gasteiger partial charge in [0.25, 0.3) is 0 Å². The van der Waals surface area contributed by atoms with Crippen molar-refractivity contribution in [2.45, 2.75) is 14.7 Å². The van der Waals surface area contributed by atoms with Gasteiger partial charge in [-0.25, -0.2) is 0 Å². The van der Waals surface area contributed by atoms with Crippen LogP contribution in [0.1, 0.15) is 59.2 Å². The molecule has 0 radical (unpaired) electrons. The number of halogens is 2. The average Bonchev–Trinajstić information content (AvgIpc) is 4.20. The summed E-state index contributed by atoms with van der Waals surface area (Å²) in [6.45, 7) is 0. The fourth-order valence-corrected chi connectivity index (χ4v) is 74.8. The summed E-state index contributed by atoms with van der Waals surface area (Å²) in [4.78, 5) is 0. The van der Waals surface area contributed by atoms with E-state index in [0.717, 1.165) is 0 Å². The van der Waals surface area contributed by atoms with Crippen molar-refractivity contribution in [3.05, 3.63) is 287 Å². The van der Waals surface area contributed by atoms with Gasteiger partial charge in [0.2, 0.25) is 0 Å². The minimum Gasteiger partial charge on any atom is -0.147 e. The fraction of sp³-hybridized carbons (Fsp3) is 0.0667. The first kappa shape index (κ1) is 46.6. The van der Waals surface area contributed by atoms with E-state index in [0.29, 0.717) is 14.7 Å². The summed E-state index contributed by atoms with van der Waals surface area (Å²) < 4.78 is 2.47. The first-order valence-corrected chi connectivity index (χ1v) is 44.7. The van der Waals surface area contributed by atoms with Crippen LogP contribution in [0.15, 0.2) is 243 Å². The molecule has 0 N–H and O–H groups in total. The molecule has 8 aromatic rings. The van der Waals surface area contributed by atoms with E-state index in [4.69, 9.17) is 0 Å². The molecule has 0 aromatic heterocycles. The zero-order valence-corrected chi connectivity index (χ0v) is 47.3. The third-order valence-corrected chi connectivity index (χ3v) is 70.1. The number of rotatable bonds is 8. The Morgan fingerprint density at radius 1 is 0.242 bits per heavy atom. The third kappa shape index (κ3) is 9.35. The Morgan fingerprint density at radius 2 is 0.439 bits per heavy atom. The van der Waals surface area contributed by atoms with Gasteiger partial charge in [0, 0.05) is 0 Å². The predicted octanol–water partition coefficient (Wildman–Crippen LogP) is 12.7. The van der Waals surface area contributed by atoms with E-state index in [1.807, 2.05) is 0 Å². The quantitative estimate of drug-likeness (QED) is 0.133. The second-order valence-corrected chi connectivity index (χ2v) is 56.5. The smallest absolute Gasteiger partial charge is 0.147 e. The van der Waals surface area contributed by atoms with Crippen molar-refractivity contribution < 1.29 is 40.1 Å². The van der Waals surface area contributed by atoms with E-state index in [1.165, 1.54) is 22.3 Å². The van der Waals surface area contributed by atoms with Crippen LogP contribution in [0, 0.1) is 0 Å². The SMILES string of the molecule is C1=C[CH]([Hf]([CH]2C=Cc3ccccc32)=[Si](c2ccccc2)c2ccccc2)c2ccccc21.C1=C[CH]([Hf]([CH]2C=Cc3ccccc32)=[Si](c2ccccc2)c2ccccc2)c2ccccc21.Cl.Cl. The van der Waals surface area contributed by atoms with Crippen molar-refractivity contribution in [2.75, 3.05) is 0 Å². The molecule has 12 rings (SSSR count). The maximum Gasteiger partial charge on any atom is -0.147 e. The van der Waals surface area contributed by atoms with Gasteiger partial charge in [-0.1, -0.05) is 0 Å². The zero-order chi connectivity index (χ0) is 42.7. The minimum absolute atomic E-state index is 0. The molecule has 0 nitrogen and oxygen atoms in total. The first-order valence-electron chi connectivity index (χ1n) is 22.6. The van der Waals surface area contributed by atoms with E-state index in [9.17, 15) is 0 Å². The normalized spacial score (nSPS) is 17.2. The van der Waals surface area contributed by atoms with Crippen molar-refractivity contribution in [3.63, 3.8) is 0 Å². The van der Waals surface area contributed by atoms with Crippen LogP contribution in [0.4, 0.5) is 0 Å². The topological polar surface area (TPSA) is 0 Å². The van der Waals surface area contributed by atoms with Gasteiger partial charge in [0.15, 0.2) is 0 Å². The second kappa shape index (κ2) is 21.6. The molecule has 66 heavy (non-hydrogen) atoms. The van der Waals surface area contributed by atoms with Crippen molar-refractivity contribution in [1.29, 1.82) is 0 Å². The van der Waals surface area contributed by atoms with Crippen LogP contribution in [0.5, 0.6) is 0 Å². The van der Waals surface area contributed by atoms with Crippen LogP contribution in [-0.2, 0) is 40.1 Å². The molecule has 0 bridgehead atoms. The third-order valence-electron chi connectivity index (χ3n) is 13.4. The maximum absolute atomic E-state index is 2.57. The van der Waals surface area contributed by atoms with Crippen molar-refractivity contribution in [3.8, 4) is 0 Å². The molecule has 4 atom stereocenters. The van der Waals surface area contributed by atoms with E-state index in [2.05, 4.69) is 267 Å². The van der Waals surface area contributed by atoms with Gasteiger partial charge in [-0.2, -0.15) is 0 Å². The van der Waals surface area contributed by atoms with E-state index in [1.54, 1.807) is 43.0 Å². The molecule has 0 heterocycles. The molecular weight excluding hydrogens is 1200 g/mol. The number of hydrogen-bond acceptors (Lipinski definition) is 0. The molecule has 0 amide bonds. The molecule has 4 aliphatic carbocycles. The van der Waals surface area contributed by atoms with Crippen LogP contribution < -0.4 is 20.7 Å². The van der Waals surface area contributed by atoms with Gasteiger partial charge < -0.3 is 0 Å². The number of allylic oxidation sites excluding steroid dienone is 4. The summed E-state index contributed by atoms with van der Waals surface area (Å²) in [7, 11) is 0. The number of benzene rings is 8. The molecule has 4 unspecified atom stereocenters. The molecule has 6 heteroatoms. The van der Waals surface area contributed by atoms with Gasteiger partial charge in [0.05, 0.1) is 0 Å². The van der Waals surface area contributed by atoms with Gasteiger partial charge in [-0.05, 0) is 0 Å². The zero-order valence-electron chi connectivity index (χ0n) is 36.5. The summed E-state index contributed by atoms with van der Waals surface area (Å²) in [6, 6.07) is 82.2. The molecule has 320 valence electrons. The van der Waals surface area contributed by atoms with Crippen LogP contribution in [0.3, 0.4) is 0 Å². The van der Waals surface area contributed by atoms with Crippen molar-refractivity contribution >= 4 is 80.9 Å². The molecule has 0 fully saturated rings. The summed E-state index contributed by atoms with van der Waals surface area (Å²) in [5, 5.41) is 6.34. The Hall–Kier alpha value is -4.53. The van der Waals surface area contributed by atoms with Crippen LogP contribution in [0.25, 0.3) is 24.3 Å². The molecule has 8 aromatic carbocycles.